The molecule has 3 rings (SSSR count). The van der Waals surface area contributed by atoms with Gasteiger partial charge < -0.3 is 4.74 Å². The van der Waals surface area contributed by atoms with Gasteiger partial charge in [0.25, 0.3) is 5.69 Å². The van der Waals surface area contributed by atoms with Crippen molar-refractivity contribution >= 4 is 17.6 Å². The molecule has 27 heavy (non-hydrogen) atoms. The van der Waals surface area contributed by atoms with Crippen LogP contribution in [0.4, 0.5) is 11.4 Å². The molecule has 0 aliphatic heterocycles. The van der Waals surface area contributed by atoms with E-state index in [1.54, 1.807) is 18.3 Å². The molecular formula is C22H20N2O3. The summed E-state index contributed by atoms with van der Waals surface area (Å²) in [6, 6.07) is 20.1. The van der Waals surface area contributed by atoms with Gasteiger partial charge in [0.05, 0.1) is 10.6 Å². The number of hydrogen-bond acceptors (Lipinski definition) is 4. The van der Waals surface area contributed by atoms with Crippen LogP contribution in [0.2, 0.25) is 0 Å². The molecule has 0 bridgehead atoms. The summed E-state index contributed by atoms with van der Waals surface area (Å²) in [4.78, 5) is 14.9. The highest BCUT2D eigenvalue weighted by atomic mass is 16.6. The summed E-state index contributed by atoms with van der Waals surface area (Å²) < 4.78 is 5.90. The van der Waals surface area contributed by atoms with Gasteiger partial charge in [0.2, 0.25) is 0 Å². The van der Waals surface area contributed by atoms with E-state index in [9.17, 15) is 10.1 Å². The largest absolute Gasteiger partial charge is 0.488 e. The Hall–Kier alpha value is -3.47. The smallest absolute Gasteiger partial charge is 0.269 e. The van der Waals surface area contributed by atoms with E-state index in [2.05, 4.69) is 24.9 Å². The van der Waals surface area contributed by atoms with Crippen LogP contribution < -0.4 is 4.74 Å². The summed E-state index contributed by atoms with van der Waals surface area (Å²) in [5.74, 6) is 0.713. The van der Waals surface area contributed by atoms with Crippen molar-refractivity contribution in [1.29, 1.82) is 0 Å². The first-order valence-corrected chi connectivity index (χ1v) is 8.60. The quantitative estimate of drug-likeness (QED) is 0.329. The van der Waals surface area contributed by atoms with Crippen LogP contribution in [0.5, 0.6) is 5.75 Å². The number of aryl methyl sites for hydroxylation is 1. The summed E-state index contributed by atoms with van der Waals surface area (Å²) in [5.41, 5.74) is 5.09. The van der Waals surface area contributed by atoms with Crippen molar-refractivity contribution in [3.05, 3.63) is 99.1 Å². The Morgan fingerprint density at radius 2 is 1.74 bits per heavy atom. The number of nitro groups is 1. The molecule has 0 saturated heterocycles. The number of ether oxygens (including phenoxy) is 1. The fraction of sp³-hybridized carbons (Fsp3) is 0.136. The lowest BCUT2D eigenvalue weighted by atomic mass is 10.1. The van der Waals surface area contributed by atoms with Crippen LogP contribution in [0.15, 0.2) is 71.7 Å². The number of nitrogens with zero attached hydrogens (tertiary/aromatic N) is 2. The zero-order chi connectivity index (χ0) is 19.2. The Bertz CT molecular complexity index is 979. The SMILES string of the molecule is Cc1cccc(N=Cc2ccccc2OCc2ccc([N+](=O)[O-])cc2)c1C. The van der Waals surface area contributed by atoms with Crippen LogP contribution >= 0.6 is 0 Å². The van der Waals surface area contributed by atoms with Crippen molar-refractivity contribution in [3.8, 4) is 5.75 Å². The highest BCUT2D eigenvalue weighted by Crippen LogP contribution is 2.23. The maximum absolute atomic E-state index is 10.7. The first-order valence-electron chi connectivity index (χ1n) is 8.60. The number of nitro benzene ring substituents is 1. The van der Waals surface area contributed by atoms with E-state index < -0.39 is 4.92 Å². The third-order valence-corrected chi connectivity index (χ3v) is 4.38. The first kappa shape index (κ1) is 18.3. The molecule has 0 aliphatic carbocycles. The Balaban J connectivity index is 1.75. The Kier molecular flexibility index (Phi) is 5.61. The van der Waals surface area contributed by atoms with Crippen molar-refractivity contribution in [2.45, 2.75) is 20.5 Å². The minimum absolute atomic E-state index is 0.0693. The summed E-state index contributed by atoms with van der Waals surface area (Å²) >= 11 is 0. The van der Waals surface area contributed by atoms with Gasteiger partial charge in [-0.25, -0.2) is 0 Å². The molecule has 3 aromatic carbocycles. The maximum Gasteiger partial charge on any atom is 0.269 e. The van der Waals surface area contributed by atoms with Crippen molar-refractivity contribution in [1.82, 2.24) is 0 Å². The number of para-hydroxylation sites is 1. The molecule has 136 valence electrons. The molecular weight excluding hydrogens is 340 g/mol. The zero-order valence-corrected chi connectivity index (χ0v) is 15.3. The summed E-state index contributed by atoms with van der Waals surface area (Å²) in [6.45, 7) is 4.45. The van der Waals surface area contributed by atoms with Gasteiger partial charge in [-0.15, -0.1) is 0 Å². The van der Waals surface area contributed by atoms with Gasteiger partial charge in [-0.2, -0.15) is 0 Å². The fourth-order valence-electron chi connectivity index (χ4n) is 2.61. The molecule has 0 heterocycles. The molecule has 0 aromatic heterocycles. The highest BCUT2D eigenvalue weighted by molar-refractivity contribution is 5.85. The maximum atomic E-state index is 10.7. The number of hydrogen-bond donors (Lipinski definition) is 0. The number of non-ortho nitro benzene ring substituents is 1. The van der Waals surface area contributed by atoms with Gasteiger partial charge in [0.15, 0.2) is 0 Å². The van der Waals surface area contributed by atoms with E-state index in [-0.39, 0.29) is 5.69 Å². The average molecular weight is 360 g/mol. The highest BCUT2D eigenvalue weighted by Gasteiger charge is 2.06. The fourth-order valence-corrected chi connectivity index (χ4v) is 2.61. The standard InChI is InChI=1S/C22H20N2O3/c1-16-6-5-8-21(17(16)2)23-14-19-7-3-4-9-22(19)27-15-18-10-12-20(13-11-18)24(25)26/h3-14H,15H2,1-2H3. The molecule has 0 spiro atoms. The lowest BCUT2D eigenvalue weighted by Crippen LogP contribution is -1.98. The second kappa shape index (κ2) is 8.27. The van der Waals surface area contributed by atoms with Crippen molar-refractivity contribution in [2.75, 3.05) is 0 Å². The molecule has 0 amide bonds. The van der Waals surface area contributed by atoms with Crippen LogP contribution in [0, 0.1) is 24.0 Å². The number of rotatable bonds is 6. The number of aliphatic imine (C=N–C) groups is 1. The van der Waals surface area contributed by atoms with Crippen molar-refractivity contribution in [3.63, 3.8) is 0 Å². The van der Waals surface area contributed by atoms with E-state index in [0.29, 0.717) is 12.4 Å². The summed E-state index contributed by atoms with van der Waals surface area (Å²) in [6.07, 6.45) is 1.80. The zero-order valence-electron chi connectivity index (χ0n) is 15.3. The Morgan fingerprint density at radius 3 is 2.48 bits per heavy atom. The Labute approximate surface area is 158 Å². The molecule has 0 saturated carbocycles. The minimum Gasteiger partial charge on any atom is -0.488 e. The van der Waals surface area contributed by atoms with Gasteiger partial charge in [0.1, 0.15) is 12.4 Å². The van der Waals surface area contributed by atoms with Crippen LogP contribution in [0.25, 0.3) is 0 Å². The van der Waals surface area contributed by atoms with E-state index in [1.165, 1.54) is 17.7 Å². The lowest BCUT2D eigenvalue weighted by Gasteiger charge is -2.09. The van der Waals surface area contributed by atoms with E-state index in [0.717, 1.165) is 22.4 Å². The first-order chi connectivity index (χ1) is 13.0. The molecule has 5 nitrogen and oxygen atoms in total. The van der Waals surface area contributed by atoms with Crippen LogP contribution in [0.3, 0.4) is 0 Å². The third kappa shape index (κ3) is 4.58. The summed E-state index contributed by atoms with van der Waals surface area (Å²) in [7, 11) is 0. The molecule has 5 heteroatoms. The molecule has 0 unspecified atom stereocenters. The Morgan fingerprint density at radius 1 is 1.00 bits per heavy atom. The summed E-state index contributed by atoms with van der Waals surface area (Å²) in [5, 5.41) is 10.7. The molecule has 0 radical (unpaired) electrons. The van der Waals surface area contributed by atoms with Gasteiger partial charge in [-0.3, -0.25) is 15.1 Å². The van der Waals surface area contributed by atoms with E-state index in [1.807, 2.05) is 36.4 Å². The third-order valence-electron chi connectivity index (χ3n) is 4.38. The predicted octanol–water partition coefficient (Wildman–Crippen LogP) is 5.54. The van der Waals surface area contributed by atoms with Crippen LogP contribution in [-0.4, -0.2) is 11.1 Å². The molecule has 0 aliphatic rings. The average Bonchev–Trinajstić information content (AvgIpc) is 2.68. The number of benzene rings is 3. The molecule has 0 N–H and O–H groups in total. The van der Waals surface area contributed by atoms with Crippen molar-refractivity contribution < 1.29 is 9.66 Å². The molecule has 0 atom stereocenters. The normalized spacial score (nSPS) is 10.9. The van der Waals surface area contributed by atoms with Crippen LogP contribution in [-0.2, 0) is 6.61 Å². The lowest BCUT2D eigenvalue weighted by molar-refractivity contribution is -0.384. The van der Waals surface area contributed by atoms with Gasteiger partial charge in [0, 0.05) is 23.9 Å². The van der Waals surface area contributed by atoms with Crippen molar-refractivity contribution in [2.24, 2.45) is 4.99 Å². The minimum atomic E-state index is -0.413. The van der Waals surface area contributed by atoms with Crippen LogP contribution in [0.1, 0.15) is 22.3 Å². The second-order valence-corrected chi connectivity index (χ2v) is 6.23. The van der Waals surface area contributed by atoms with Gasteiger partial charge >= 0.3 is 0 Å². The van der Waals surface area contributed by atoms with Gasteiger partial charge in [-0.1, -0.05) is 24.3 Å². The predicted molar refractivity (Wildman–Crippen MR) is 107 cm³/mol. The van der Waals surface area contributed by atoms with E-state index in [4.69, 9.17) is 4.74 Å². The topological polar surface area (TPSA) is 64.7 Å². The molecule has 0 fully saturated rings. The monoisotopic (exact) mass is 360 g/mol. The van der Waals surface area contributed by atoms with E-state index >= 15 is 0 Å². The van der Waals surface area contributed by atoms with Gasteiger partial charge in [-0.05, 0) is 60.9 Å². The second-order valence-electron chi connectivity index (χ2n) is 6.23. The molecule has 3 aromatic rings.